The van der Waals surface area contributed by atoms with E-state index in [4.69, 9.17) is 4.74 Å². The van der Waals surface area contributed by atoms with Crippen LogP contribution in [-0.2, 0) is 9.53 Å². The summed E-state index contributed by atoms with van der Waals surface area (Å²) in [5.74, 6) is 2.66. The van der Waals surface area contributed by atoms with Crippen molar-refractivity contribution in [3.63, 3.8) is 0 Å². The van der Waals surface area contributed by atoms with Crippen LogP contribution < -0.4 is 0 Å². The van der Waals surface area contributed by atoms with Crippen LogP contribution in [0.1, 0.15) is 123 Å². The summed E-state index contributed by atoms with van der Waals surface area (Å²) in [7, 11) is 0. The Labute approximate surface area is 168 Å². The van der Waals surface area contributed by atoms with Crippen LogP contribution in [0.25, 0.3) is 0 Å². The van der Waals surface area contributed by atoms with Gasteiger partial charge in [0.05, 0.1) is 5.41 Å². The third-order valence-electron chi connectivity index (χ3n) is 7.75. The van der Waals surface area contributed by atoms with Crippen LogP contribution in [0.3, 0.4) is 0 Å². The second kappa shape index (κ2) is 10.3. The van der Waals surface area contributed by atoms with E-state index in [2.05, 4.69) is 13.8 Å². The van der Waals surface area contributed by atoms with Crippen LogP contribution >= 0.6 is 0 Å². The fourth-order valence-corrected chi connectivity index (χ4v) is 6.66. The molecule has 0 radical (unpaired) electrons. The van der Waals surface area contributed by atoms with Gasteiger partial charge in [0.2, 0.25) is 0 Å². The van der Waals surface area contributed by atoms with Gasteiger partial charge in [-0.05, 0) is 75.5 Å². The molecule has 1 unspecified atom stereocenters. The topological polar surface area (TPSA) is 26.3 Å². The molecule has 4 fully saturated rings. The molecular weight excluding hydrogens is 332 g/mol. The molecule has 1 atom stereocenters. The highest BCUT2D eigenvalue weighted by Crippen LogP contribution is 2.60. The predicted molar refractivity (Wildman–Crippen MR) is 113 cm³/mol. The molecule has 0 aromatic rings. The maximum Gasteiger partial charge on any atom is 0.312 e. The molecule has 4 aliphatic carbocycles. The molecule has 156 valence electrons. The van der Waals surface area contributed by atoms with Crippen LogP contribution in [0.4, 0.5) is 0 Å². The first-order valence-electron chi connectivity index (χ1n) is 12.4. The summed E-state index contributed by atoms with van der Waals surface area (Å²) in [5, 5.41) is 0. The Morgan fingerprint density at radius 2 is 1.26 bits per heavy atom. The Balaban J connectivity index is 1.45. The van der Waals surface area contributed by atoms with E-state index in [1.54, 1.807) is 0 Å². The van der Waals surface area contributed by atoms with E-state index in [0.717, 1.165) is 49.9 Å². The molecule has 0 aliphatic heterocycles. The Morgan fingerprint density at radius 3 is 1.81 bits per heavy atom. The molecule has 2 nitrogen and oxygen atoms in total. The lowest BCUT2D eigenvalue weighted by Gasteiger charge is -2.55. The third-order valence-corrected chi connectivity index (χ3v) is 7.75. The average molecular weight is 377 g/mol. The summed E-state index contributed by atoms with van der Waals surface area (Å²) in [4.78, 5) is 13.3. The molecule has 27 heavy (non-hydrogen) atoms. The van der Waals surface area contributed by atoms with Gasteiger partial charge in [-0.25, -0.2) is 0 Å². The summed E-state index contributed by atoms with van der Waals surface area (Å²) in [5.41, 5.74) is -0.0840. The lowest BCUT2D eigenvalue weighted by atomic mass is 9.49. The van der Waals surface area contributed by atoms with Gasteiger partial charge in [-0.1, -0.05) is 65.2 Å². The number of carbonyl (C=O) groups excluding carboxylic acids is 1. The molecule has 2 heteroatoms. The standard InChI is InChI=1S/C25H44O2/c1-3-5-7-8-9-10-11-13-23(12-6-4-2)27-24(26)25-17-20-14-21(18-25)16-22(15-20)19-25/h20-23H,3-19H2,1-2H3. The van der Waals surface area contributed by atoms with E-state index in [-0.39, 0.29) is 17.5 Å². The van der Waals surface area contributed by atoms with Crippen molar-refractivity contribution >= 4 is 5.97 Å². The Hall–Kier alpha value is -0.530. The maximum absolute atomic E-state index is 13.3. The van der Waals surface area contributed by atoms with E-state index in [0.29, 0.717) is 0 Å². The van der Waals surface area contributed by atoms with Gasteiger partial charge in [0.1, 0.15) is 6.10 Å². The van der Waals surface area contributed by atoms with Gasteiger partial charge in [-0.3, -0.25) is 4.79 Å². The quantitative estimate of drug-likeness (QED) is 0.246. The lowest BCUT2D eigenvalue weighted by Crippen LogP contribution is -2.51. The second-order valence-corrected chi connectivity index (χ2v) is 10.3. The van der Waals surface area contributed by atoms with Crippen LogP contribution in [0.2, 0.25) is 0 Å². The van der Waals surface area contributed by atoms with Gasteiger partial charge in [0.15, 0.2) is 0 Å². The van der Waals surface area contributed by atoms with E-state index >= 15 is 0 Å². The SMILES string of the molecule is CCCCCCCCCC(CCCC)OC(=O)C12CC3CC(CC(C3)C1)C2. The summed E-state index contributed by atoms with van der Waals surface area (Å²) >= 11 is 0. The van der Waals surface area contributed by atoms with Crippen LogP contribution in [0.15, 0.2) is 0 Å². The minimum Gasteiger partial charge on any atom is -0.462 e. The number of esters is 1. The molecule has 4 rings (SSSR count). The van der Waals surface area contributed by atoms with Gasteiger partial charge < -0.3 is 4.74 Å². The highest BCUT2D eigenvalue weighted by Gasteiger charge is 2.55. The molecule has 0 N–H and O–H groups in total. The number of carbonyl (C=O) groups is 1. The molecule has 0 saturated heterocycles. The normalized spacial score (nSPS) is 32.6. The fraction of sp³-hybridized carbons (Fsp3) is 0.960. The molecule has 4 aliphatic rings. The number of hydrogen-bond donors (Lipinski definition) is 0. The van der Waals surface area contributed by atoms with Crippen molar-refractivity contribution in [1.29, 1.82) is 0 Å². The Kier molecular flexibility index (Phi) is 8.09. The van der Waals surface area contributed by atoms with Crippen molar-refractivity contribution in [3.8, 4) is 0 Å². The monoisotopic (exact) mass is 376 g/mol. The zero-order valence-electron chi connectivity index (χ0n) is 18.1. The van der Waals surface area contributed by atoms with Crippen LogP contribution in [-0.4, -0.2) is 12.1 Å². The summed E-state index contributed by atoms with van der Waals surface area (Å²) in [6.45, 7) is 4.52. The van der Waals surface area contributed by atoms with Crippen molar-refractivity contribution in [2.45, 2.75) is 129 Å². The van der Waals surface area contributed by atoms with Crippen molar-refractivity contribution in [1.82, 2.24) is 0 Å². The van der Waals surface area contributed by atoms with Gasteiger partial charge in [0, 0.05) is 0 Å². The minimum atomic E-state index is -0.0840. The van der Waals surface area contributed by atoms with Crippen molar-refractivity contribution in [3.05, 3.63) is 0 Å². The molecule has 0 amide bonds. The number of unbranched alkanes of at least 4 members (excludes halogenated alkanes) is 7. The lowest BCUT2D eigenvalue weighted by molar-refractivity contribution is -0.177. The average Bonchev–Trinajstić information content (AvgIpc) is 2.64. The Morgan fingerprint density at radius 1 is 0.778 bits per heavy atom. The first-order chi connectivity index (χ1) is 13.1. The summed E-state index contributed by atoms with van der Waals surface area (Å²) < 4.78 is 6.24. The molecule has 0 aromatic carbocycles. The fourth-order valence-electron chi connectivity index (χ4n) is 6.66. The van der Waals surface area contributed by atoms with Gasteiger partial charge in [-0.15, -0.1) is 0 Å². The smallest absolute Gasteiger partial charge is 0.312 e. The van der Waals surface area contributed by atoms with Gasteiger partial charge >= 0.3 is 5.97 Å². The van der Waals surface area contributed by atoms with E-state index in [9.17, 15) is 4.79 Å². The van der Waals surface area contributed by atoms with Crippen LogP contribution in [0.5, 0.6) is 0 Å². The summed E-state index contributed by atoms with van der Waals surface area (Å²) in [6.07, 6.45) is 21.7. The number of ether oxygens (including phenoxy) is 1. The second-order valence-electron chi connectivity index (χ2n) is 10.3. The van der Waals surface area contributed by atoms with Gasteiger partial charge in [0.25, 0.3) is 0 Å². The predicted octanol–water partition coefficient (Wildman–Crippen LogP) is 7.45. The van der Waals surface area contributed by atoms with Gasteiger partial charge in [-0.2, -0.15) is 0 Å². The number of rotatable bonds is 13. The molecule has 4 saturated carbocycles. The zero-order chi connectivity index (χ0) is 19.1. The largest absolute Gasteiger partial charge is 0.462 e. The van der Waals surface area contributed by atoms with E-state index < -0.39 is 0 Å². The summed E-state index contributed by atoms with van der Waals surface area (Å²) in [6, 6.07) is 0. The zero-order valence-corrected chi connectivity index (χ0v) is 18.1. The Bertz CT molecular complexity index is 420. The molecule has 4 bridgehead atoms. The molecule has 0 spiro atoms. The third kappa shape index (κ3) is 5.73. The van der Waals surface area contributed by atoms with E-state index in [1.165, 1.54) is 77.0 Å². The number of hydrogen-bond acceptors (Lipinski definition) is 2. The van der Waals surface area contributed by atoms with Crippen molar-refractivity contribution in [2.24, 2.45) is 23.2 Å². The molecule has 0 heterocycles. The van der Waals surface area contributed by atoms with Crippen molar-refractivity contribution in [2.75, 3.05) is 0 Å². The maximum atomic E-state index is 13.3. The van der Waals surface area contributed by atoms with Crippen molar-refractivity contribution < 1.29 is 9.53 Å². The van der Waals surface area contributed by atoms with E-state index in [1.807, 2.05) is 0 Å². The first-order valence-corrected chi connectivity index (χ1v) is 12.4. The first kappa shape index (κ1) is 21.2. The molecule has 0 aromatic heterocycles. The highest BCUT2D eigenvalue weighted by atomic mass is 16.5. The highest BCUT2D eigenvalue weighted by molar-refractivity contribution is 5.77. The van der Waals surface area contributed by atoms with Crippen LogP contribution in [0, 0.1) is 23.2 Å². The minimum absolute atomic E-state index is 0.0840. The molecular formula is C25H44O2.